The maximum absolute atomic E-state index is 5.98. The van der Waals surface area contributed by atoms with Crippen molar-refractivity contribution in [2.45, 2.75) is 25.3 Å². The highest BCUT2D eigenvalue weighted by Crippen LogP contribution is 2.08. The lowest BCUT2D eigenvalue weighted by Gasteiger charge is -2.19. The van der Waals surface area contributed by atoms with Crippen molar-refractivity contribution in [2.75, 3.05) is 31.6 Å². The first-order valence-electron chi connectivity index (χ1n) is 4.80. The Morgan fingerprint density at radius 1 is 1.42 bits per heavy atom. The molecule has 2 N–H and O–H groups in total. The summed E-state index contributed by atoms with van der Waals surface area (Å²) < 4.78 is 0. The van der Waals surface area contributed by atoms with E-state index in [0.29, 0.717) is 6.04 Å². The molecule has 3 heteroatoms. The second kappa shape index (κ2) is 5.84. The van der Waals surface area contributed by atoms with Crippen LogP contribution in [0, 0.1) is 0 Å². The van der Waals surface area contributed by atoms with Crippen LogP contribution in [0.2, 0.25) is 0 Å². The minimum atomic E-state index is 0.399. The molecule has 0 aliphatic carbocycles. The van der Waals surface area contributed by atoms with Crippen molar-refractivity contribution in [1.82, 2.24) is 4.90 Å². The largest absolute Gasteiger partial charge is 0.327 e. The van der Waals surface area contributed by atoms with Gasteiger partial charge in [-0.05, 0) is 44.4 Å². The molecule has 2 nitrogen and oxygen atoms in total. The van der Waals surface area contributed by atoms with E-state index in [1.165, 1.54) is 31.7 Å². The predicted octanol–water partition coefficient (Wildman–Crippen LogP) is 1.16. The Labute approximate surface area is 79.9 Å². The van der Waals surface area contributed by atoms with Crippen LogP contribution in [0.3, 0.4) is 0 Å². The molecule has 0 radical (unpaired) electrons. The van der Waals surface area contributed by atoms with Crippen LogP contribution in [0.4, 0.5) is 0 Å². The summed E-state index contributed by atoms with van der Waals surface area (Å²) in [5.41, 5.74) is 5.98. The Bertz CT molecular complexity index is 113. The molecule has 72 valence electrons. The zero-order valence-electron chi connectivity index (χ0n) is 7.96. The molecule has 1 aliphatic heterocycles. The quantitative estimate of drug-likeness (QED) is 0.702. The van der Waals surface area contributed by atoms with E-state index in [-0.39, 0.29) is 0 Å². The van der Waals surface area contributed by atoms with E-state index in [1.807, 2.05) is 11.8 Å². The molecule has 12 heavy (non-hydrogen) atoms. The van der Waals surface area contributed by atoms with Crippen LogP contribution in [-0.4, -0.2) is 42.6 Å². The number of thioether (sulfide) groups is 1. The molecular weight excluding hydrogens is 168 g/mol. The van der Waals surface area contributed by atoms with Crippen molar-refractivity contribution in [3.05, 3.63) is 0 Å². The lowest BCUT2D eigenvalue weighted by molar-refractivity contribution is 0.311. The Kier molecular flexibility index (Phi) is 5.04. The zero-order chi connectivity index (χ0) is 8.81. The summed E-state index contributed by atoms with van der Waals surface area (Å²) in [6.07, 6.45) is 6.05. The lowest BCUT2D eigenvalue weighted by atomic mass is 10.2. The van der Waals surface area contributed by atoms with E-state index in [1.54, 1.807) is 0 Å². The summed E-state index contributed by atoms with van der Waals surface area (Å²) in [5, 5.41) is 0. The average molecular weight is 188 g/mol. The summed E-state index contributed by atoms with van der Waals surface area (Å²) in [7, 11) is 0. The Hall–Kier alpha value is 0.270. The minimum absolute atomic E-state index is 0.399. The third kappa shape index (κ3) is 3.78. The topological polar surface area (TPSA) is 29.3 Å². The number of rotatable bonds is 5. The van der Waals surface area contributed by atoms with Crippen LogP contribution >= 0.6 is 11.8 Å². The molecule has 1 unspecified atom stereocenters. The van der Waals surface area contributed by atoms with Crippen LogP contribution in [0.15, 0.2) is 0 Å². The normalized spacial score (nSPS) is 21.5. The molecule has 0 saturated carbocycles. The fourth-order valence-electron chi connectivity index (χ4n) is 1.66. The molecule has 1 atom stereocenters. The first-order valence-corrected chi connectivity index (χ1v) is 6.19. The van der Waals surface area contributed by atoms with Crippen molar-refractivity contribution in [3.8, 4) is 0 Å². The van der Waals surface area contributed by atoms with Crippen LogP contribution in [-0.2, 0) is 0 Å². The third-order valence-corrected chi connectivity index (χ3v) is 3.03. The molecule has 0 aromatic carbocycles. The van der Waals surface area contributed by atoms with Gasteiger partial charge in [-0.3, -0.25) is 0 Å². The van der Waals surface area contributed by atoms with Crippen LogP contribution in [0.5, 0.6) is 0 Å². The molecule has 0 amide bonds. The summed E-state index contributed by atoms with van der Waals surface area (Å²) in [6.45, 7) is 3.65. The summed E-state index contributed by atoms with van der Waals surface area (Å²) in [5.74, 6) is 1.20. The predicted molar refractivity (Wildman–Crippen MR) is 56.6 cm³/mol. The van der Waals surface area contributed by atoms with E-state index in [9.17, 15) is 0 Å². The SMILES string of the molecule is CSCCC(N)CN1CCCC1. The number of nitrogens with two attached hydrogens (primary N) is 1. The number of hydrogen-bond donors (Lipinski definition) is 1. The molecule has 1 aliphatic rings. The summed E-state index contributed by atoms with van der Waals surface area (Å²) >= 11 is 1.89. The molecule has 1 heterocycles. The highest BCUT2D eigenvalue weighted by Gasteiger charge is 2.14. The van der Waals surface area contributed by atoms with E-state index < -0.39 is 0 Å². The number of hydrogen-bond acceptors (Lipinski definition) is 3. The van der Waals surface area contributed by atoms with Gasteiger partial charge in [-0.15, -0.1) is 0 Å². The number of nitrogens with zero attached hydrogens (tertiary/aromatic N) is 1. The zero-order valence-corrected chi connectivity index (χ0v) is 8.78. The lowest BCUT2D eigenvalue weighted by Crippen LogP contribution is -2.36. The molecule has 1 fully saturated rings. The molecule has 1 rings (SSSR count). The Morgan fingerprint density at radius 3 is 2.67 bits per heavy atom. The highest BCUT2D eigenvalue weighted by molar-refractivity contribution is 7.98. The van der Waals surface area contributed by atoms with Gasteiger partial charge < -0.3 is 10.6 Å². The van der Waals surface area contributed by atoms with Gasteiger partial charge in [-0.2, -0.15) is 11.8 Å². The van der Waals surface area contributed by atoms with Gasteiger partial charge in [0.05, 0.1) is 0 Å². The standard InChI is InChI=1S/C9H20N2S/c1-12-7-4-9(10)8-11-5-2-3-6-11/h9H,2-8,10H2,1H3. The second-order valence-corrected chi connectivity index (χ2v) is 4.53. The van der Waals surface area contributed by atoms with Gasteiger partial charge in [0.2, 0.25) is 0 Å². The van der Waals surface area contributed by atoms with E-state index >= 15 is 0 Å². The van der Waals surface area contributed by atoms with E-state index in [2.05, 4.69) is 11.2 Å². The van der Waals surface area contributed by atoms with Gasteiger partial charge in [0.15, 0.2) is 0 Å². The van der Waals surface area contributed by atoms with Gasteiger partial charge in [0.25, 0.3) is 0 Å². The first kappa shape index (κ1) is 10.4. The summed E-state index contributed by atoms with van der Waals surface area (Å²) in [6, 6.07) is 0.399. The Morgan fingerprint density at radius 2 is 2.08 bits per heavy atom. The maximum Gasteiger partial charge on any atom is 0.0175 e. The second-order valence-electron chi connectivity index (χ2n) is 3.55. The highest BCUT2D eigenvalue weighted by atomic mass is 32.2. The van der Waals surface area contributed by atoms with Gasteiger partial charge in [0.1, 0.15) is 0 Å². The molecular formula is C9H20N2S. The molecule has 1 saturated heterocycles. The van der Waals surface area contributed by atoms with Gasteiger partial charge >= 0.3 is 0 Å². The van der Waals surface area contributed by atoms with Gasteiger partial charge in [-0.1, -0.05) is 0 Å². The fourth-order valence-corrected chi connectivity index (χ4v) is 2.20. The van der Waals surface area contributed by atoms with Gasteiger partial charge in [-0.25, -0.2) is 0 Å². The smallest absolute Gasteiger partial charge is 0.0175 e. The molecule has 0 aromatic rings. The van der Waals surface area contributed by atoms with Crippen molar-refractivity contribution in [1.29, 1.82) is 0 Å². The van der Waals surface area contributed by atoms with Crippen LogP contribution < -0.4 is 5.73 Å². The third-order valence-electron chi connectivity index (χ3n) is 2.38. The average Bonchev–Trinajstić information content (AvgIpc) is 2.53. The van der Waals surface area contributed by atoms with Crippen molar-refractivity contribution in [2.24, 2.45) is 5.73 Å². The van der Waals surface area contributed by atoms with E-state index in [0.717, 1.165) is 13.0 Å². The number of likely N-dealkylation sites (tertiary alicyclic amines) is 1. The molecule has 0 aromatic heterocycles. The van der Waals surface area contributed by atoms with Crippen LogP contribution in [0.1, 0.15) is 19.3 Å². The van der Waals surface area contributed by atoms with Crippen molar-refractivity contribution < 1.29 is 0 Å². The van der Waals surface area contributed by atoms with Gasteiger partial charge in [0, 0.05) is 12.6 Å². The first-order chi connectivity index (χ1) is 5.83. The monoisotopic (exact) mass is 188 g/mol. The van der Waals surface area contributed by atoms with Crippen molar-refractivity contribution >= 4 is 11.8 Å². The Balaban J connectivity index is 2.03. The maximum atomic E-state index is 5.98. The summed E-state index contributed by atoms with van der Waals surface area (Å²) in [4.78, 5) is 2.49. The fraction of sp³-hybridized carbons (Fsp3) is 1.00. The minimum Gasteiger partial charge on any atom is -0.327 e. The van der Waals surface area contributed by atoms with E-state index in [4.69, 9.17) is 5.73 Å². The van der Waals surface area contributed by atoms with Crippen LogP contribution in [0.25, 0.3) is 0 Å². The molecule has 0 spiro atoms. The molecule has 0 bridgehead atoms. The van der Waals surface area contributed by atoms with Crippen molar-refractivity contribution in [3.63, 3.8) is 0 Å².